The molecule has 0 fully saturated rings. The zero-order valence-electron chi connectivity index (χ0n) is 18.7. The molecule has 1 unspecified atom stereocenters. The monoisotopic (exact) mass is 480 g/mol. The van der Waals surface area contributed by atoms with Crippen molar-refractivity contribution in [2.75, 3.05) is 18.5 Å². The summed E-state index contributed by atoms with van der Waals surface area (Å²) in [6.45, 7) is 1.48. The molecule has 1 aliphatic carbocycles. The third kappa shape index (κ3) is 4.84. The SMILES string of the molecule is CC(CNC(=O)OCC1c2ccccc2-c2ccccc21)C(=O)Nc1ccc(F)c(C(=O)O)c1F. The van der Waals surface area contributed by atoms with Gasteiger partial charge in [0.15, 0.2) is 5.82 Å². The van der Waals surface area contributed by atoms with E-state index in [1.165, 1.54) is 6.92 Å². The lowest BCUT2D eigenvalue weighted by molar-refractivity contribution is -0.119. The minimum Gasteiger partial charge on any atom is -0.477 e. The highest BCUT2D eigenvalue weighted by Gasteiger charge is 2.29. The molecule has 9 heteroatoms. The molecule has 0 aromatic heterocycles. The van der Waals surface area contributed by atoms with E-state index in [-0.39, 0.29) is 19.1 Å². The molecule has 0 heterocycles. The summed E-state index contributed by atoms with van der Waals surface area (Å²) in [4.78, 5) is 35.7. The molecule has 0 saturated heterocycles. The zero-order valence-corrected chi connectivity index (χ0v) is 18.7. The van der Waals surface area contributed by atoms with Gasteiger partial charge in [-0.3, -0.25) is 4.79 Å². The van der Waals surface area contributed by atoms with Crippen LogP contribution in [0.1, 0.15) is 34.3 Å². The lowest BCUT2D eigenvalue weighted by Crippen LogP contribution is -2.35. The third-order valence-corrected chi connectivity index (χ3v) is 5.91. The topological polar surface area (TPSA) is 105 Å². The van der Waals surface area contributed by atoms with Gasteiger partial charge in [0.25, 0.3) is 0 Å². The summed E-state index contributed by atoms with van der Waals surface area (Å²) < 4.78 is 33.2. The van der Waals surface area contributed by atoms with Crippen LogP contribution in [0.5, 0.6) is 0 Å². The smallest absolute Gasteiger partial charge is 0.407 e. The van der Waals surface area contributed by atoms with Gasteiger partial charge >= 0.3 is 12.1 Å². The number of ether oxygens (including phenoxy) is 1. The van der Waals surface area contributed by atoms with Crippen molar-refractivity contribution in [1.82, 2.24) is 5.32 Å². The maximum atomic E-state index is 14.3. The van der Waals surface area contributed by atoms with E-state index in [9.17, 15) is 23.2 Å². The van der Waals surface area contributed by atoms with E-state index in [2.05, 4.69) is 10.6 Å². The molecule has 3 aromatic rings. The minimum absolute atomic E-state index is 0.110. The van der Waals surface area contributed by atoms with Crippen LogP contribution in [0.2, 0.25) is 0 Å². The van der Waals surface area contributed by atoms with Crippen molar-refractivity contribution in [2.24, 2.45) is 5.92 Å². The highest BCUT2D eigenvalue weighted by atomic mass is 19.1. The highest BCUT2D eigenvalue weighted by molar-refractivity contribution is 5.95. The summed E-state index contributed by atoms with van der Waals surface area (Å²) in [6, 6.07) is 17.5. The first-order valence-electron chi connectivity index (χ1n) is 10.9. The first-order valence-corrected chi connectivity index (χ1v) is 10.9. The number of aromatic carboxylic acids is 1. The Kier molecular flexibility index (Phi) is 6.77. The van der Waals surface area contributed by atoms with E-state index in [0.29, 0.717) is 0 Å². The molecule has 1 aliphatic rings. The average Bonchev–Trinajstić information content (AvgIpc) is 3.16. The van der Waals surface area contributed by atoms with Gasteiger partial charge in [0, 0.05) is 12.5 Å². The number of amides is 2. The van der Waals surface area contributed by atoms with Gasteiger partial charge in [-0.15, -0.1) is 0 Å². The Bertz CT molecular complexity index is 1270. The number of carboxylic acids is 1. The Morgan fingerprint density at radius 3 is 2.17 bits per heavy atom. The summed E-state index contributed by atoms with van der Waals surface area (Å²) >= 11 is 0. The van der Waals surface area contributed by atoms with Gasteiger partial charge in [0.05, 0.1) is 11.6 Å². The van der Waals surface area contributed by atoms with Crippen LogP contribution in [0.15, 0.2) is 60.7 Å². The molecular weight excluding hydrogens is 458 g/mol. The second-order valence-electron chi connectivity index (χ2n) is 8.19. The molecule has 2 amide bonds. The number of nitrogens with one attached hydrogen (secondary N) is 2. The standard InChI is InChI=1S/C26H22F2N2O5/c1-14(24(31)30-21-11-10-20(27)22(23(21)28)25(32)33)12-29-26(34)35-13-19-17-8-4-2-6-15(17)16-7-3-5-9-18(16)19/h2-11,14,19H,12-13H2,1H3,(H,29,34)(H,30,31)(H,32,33). The van der Waals surface area contributed by atoms with Gasteiger partial charge < -0.3 is 20.5 Å². The second kappa shape index (κ2) is 9.92. The van der Waals surface area contributed by atoms with Crippen LogP contribution in [0, 0.1) is 17.6 Å². The molecule has 0 radical (unpaired) electrons. The first-order chi connectivity index (χ1) is 16.8. The van der Waals surface area contributed by atoms with E-state index in [4.69, 9.17) is 9.84 Å². The molecule has 7 nitrogen and oxygen atoms in total. The Balaban J connectivity index is 1.32. The van der Waals surface area contributed by atoms with Crippen molar-refractivity contribution < 1.29 is 33.0 Å². The first kappa shape index (κ1) is 23.9. The molecule has 180 valence electrons. The van der Waals surface area contributed by atoms with Gasteiger partial charge in [-0.2, -0.15) is 0 Å². The van der Waals surface area contributed by atoms with Gasteiger partial charge in [-0.05, 0) is 34.4 Å². The van der Waals surface area contributed by atoms with Crippen molar-refractivity contribution in [1.29, 1.82) is 0 Å². The number of carbonyl (C=O) groups is 3. The summed E-state index contributed by atoms with van der Waals surface area (Å²) in [7, 11) is 0. The van der Waals surface area contributed by atoms with Gasteiger partial charge in [0.1, 0.15) is 18.0 Å². The number of hydrogen-bond acceptors (Lipinski definition) is 4. The molecular formula is C26H22F2N2O5. The predicted octanol–water partition coefficient (Wildman–Crippen LogP) is 4.78. The second-order valence-corrected chi connectivity index (χ2v) is 8.19. The number of benzene rings is 3. The van der Waals surface area contributed by atoms with Crippen molar-refractivity contribution in [3.8, 4) is 11.1 Å². The molecule has 1 atom stereocenters. The molecule has 0 aliphatic heterocycles. The zero-order chi connectivity index (χ0) is 25.1. The third-order valence-electron chi connectivity index (χ3n) is 5.91. The van der Waals surface area contributed by atoms with Crippen LogP contribution in [0.3, 0.4) is 0 Å². The summed E-state index contributed by atoms with van der Waals surface area (Å²) in [5.41, 5.74) is 2.70. The van der Waals surface area contributed by atoms with E-state index < -0.39 is 46.8 Å². The van der Waals surface area contributed by atoms with Crippen LogP contribution >= 0.6 is 0 Å². The predicted molar refractivity (Wildman–Crippen MR) is 124 cm³/mol. The van der Waals surface area contributed by atoms with Gasteiger partial charge in [-0.25, -0.2) is 18.4 Å². The Morgan fingerprint density at radius 2 is 1.57 bits per heavy atom. The van der Waals surface area contributed by atoms with Gasteiger partial charge in [-0.1, -0.05) is 55.5 Å². The normalized spacial score (nSPS) is 12.9. The summed E-state index contributed by atoms with van der Waals surface area (Å²) in [5.74, 6) is -6.04. The van der Waals surface area contributed by atoms with Crippen molar-refractivity contribution in [3.63, 3.8) is 0 Å². The Hall–Kier alpha value is -4.27. The number of alkyl carbamates (subject to hydrolysis) is 1. The highest BCUT2D eigenvalue weighted by Crippen LogP contribution is 2.44. The van der Waals surface area contributed by atoms with Crippen molar-refractivity contribution in [2.45, 2.75) is 12.8 Å². The van der Waals surface area contributed by atoms with Crippen LogP contribution in [0.4, 0.5) is 19.3 Å². The molecule has 3 aromatic carbocycles. The quantitative estimate of drug-likeness (QED) is 0.452. The van der Waals surface area contributed by atoms with Crippen molar-refractivity contribution >= 4 is 23.7 Å². The molecule has 4 rings (SSSR count). The average molecular weight is 480 g/mol. The molecule has 0 spiro atoms. The Morgan fingerprint density at radius 1 is 0.971 bits per heavy atom. The number of halogens is 2. The molecule has 3 N–H and O–H groups in total. The van der Waals surface area contributed by atoms with E-state index >= 15 is 0 Å². The fourth-order valence-corrected chi connectivity index (χ4v) is 4.08. The van der Waals surface area contributed by atoms with Crippen molar-refractivity contribution in [3.05, 3.63) is 89.0 Å². The number of anilines is 1. The lowest BCUT2D eigenvalue weighted by Gasteiger charge is -2.16. The van der Waals surface area contributed by atoms with Crippen LogP contribution in [0.25, 0.3) is 11.1 Å². The molecule has 0 bridgehead atoms. The summed E-state index contributed by atoms with van der Waals surface area (Å²) in [6.07, 6.45) is -0.715. The number of fused-ring (bicyclic) bond motifs is 3. The molecule has 35 heavy (non-hydrogen) atoms. The maximum Gasteiger partial charge on any atom is 0.407 e. The molecule has 0 saturated carbocycles. The number of carbonyl (C=O) groups excluding carboxylic acids is 2. The minimum atomic E-state index is -1.79. The largest absolute Gasteiger partial charge is 0.477 e. The number of hydrogen-bond donors (Lipinski definition) is 3. The number of rotatable bonds is 7. The van der Waals surface area contributed by atoms with E-state index in [1.807, 2.05) is 48.5 Å². The number of carboxylic acid groups (broad SMARTS) is 1. The van der Waals surface area contributed by atoms with Crippen LogP contribution in [-0.4, -0.2) is 36.2 Å². The summed E-state index contributed by atoms with van der Waals surface area (Å²) in [5, 5.41) is 13.7. The van der Waals surface area contributed by atoms with Gasteiger partial charge in [0.2, 0.25) is 5.91 Å². The van der Waals surface area contributed by atoms with Crippen LogP contribution < -0.4 is 10.6 Å². The van der Waals surface area contributed by atoms with E-state index in [1.54, 1.807) is 0 Å². The lowest BCUT2D eigenvalue weighted by atomic mass is 9.98. The van der Waals surface area contributed by atoms with E-state index in [0.717, 1.165) is 34.4 Å². The Labute approximate surface area is 199 Å². The fourth-order valence-electron chi connectivity index (χ4n) is 4.08. The van der Waals surface area contributed by atoms with Crippen LogP contribution in [-0.2, 0) is 9.53 Å². The maximum absolute atomic E-state index is 14.3. The fraction of sp³-hybridized carbons (Fsp3) is 0.192.